The molecule has 1 aromatic rings. The Morgan fingerprint density at radius 3 is 2.62 bits per heavy atom. The lowest BCUT2D eigenvalue weighted by Crippen LogP contribution is -2.05. The van der Waals surface area contributed by atoms with Gasteiger partial charge in [0.15, 0.2) is 0 Å². The number of benzene rings is 1. The third-order valence-corrected chi connectivity index (χ3v) is 4.19. The highest BCUT2D eigenvalue weighted by molar-refractivity contribution is 9.10. The van der Waals surface area contributed by atoms with Crippen LogP contribution < -0.4 is 5.73 Å². The van der Waals surface area contributed by atoms with Crippen molar-refractivity contribution in [2.45, 2.75) is 36.5 Å². The normalized spacial score (nSPS) is 14.8. The number of aliphatic hydroxyl groups is 1. The molecule has 0 radical (unpaired) electrons. The summed E-state index contributed by atoms with van der Waals surface area (Å²) in [6.45, 7) is 4.34. The van der Waals surface area contributed by atoms with E-state index in [4.69, 9.17) is 10.8 Å². The lowest BCUT2D eigenvalue weighted by molar-refractivity contribution is 0.289. The molecule has 0 heterocycles. The van der Waals surface area contributed by atoms with Crippen molar-refractivity contribution < 1.29 is 5.11 Å². The average Bonchev–Trinajstić information content (AvgIpc) is 2.17. The Bertz CT molecular complexity index is 344. The average molecular weight is 304 g/mol. The van der Waals surface area contributed by atoms with E-state index in [1.54, 1.807) is 11.8 Å². The first kappa shape index (κ1) is 14.0. The Morgan fingerprint density at radius 1 is 1.44 bits per heavy atom. The monoisotopic (exact) mass is 303 g/mol. The predicted molar refractivity (Wildman–Crippen MR) is 73.8 cm³/mol. The molecule has 1 rings (SSSR count). The van der Waals surface area contributed by atoms with Crippen LogP contribution in [0.3, 0.4) is 0 Å². The maximum atomic E-state index is 8.85. The molecule has 16 heavy (non-hydrogen) atoms. The van der Waals surface area contributed by atoms with Crippen LogP contribution in [0.1, 0.15) is 31.9 Å². The van der Waals surface area contributed by atoms with E-state index < -0.39 is 0 Å². The Balaban J connectivity index is 2.73. The Hall–Kier alpha value is -0.0300. The number of hydrogen-bond donors (Lipinski definition) is 2. The molecule has 4 heteroatoms. The van der Waals surface area contributed by atoms with E-state index in [2.05, 4.69) is 41.1 Å². The van der Waals surface area contributed by atoms with E-state index in [0.717, 1.165) is 16.5 Å². The van der Waals surface area contributed by atoms with Crippen LogP contribution in [0, 0.1) is 0 Å². The van der Waals surface area contributed by atoms with Gasteiger partial charge >= 0.3 is 0 Å². The first-order valence-electron chi connectivity index (χ1n) is 5.37. The zero-order chi connectivity index (χ0) is 12.1. The number of hydrogen-bond acceptors (Lipinski definition) is 3. The zero-order valence-electron chi connectivity index (χ0n) is 9.61. The van der Waals surface area contributed by atoms with Crippen LogP contribution in [0.2, 0.25) is 0 Å². The second-order valence-corrected chi connectivity index (χ2v) is 6.28. The number of thioether (sulfide) groups is 1. The van der Waals surface area contributed by atoms with E-state index in [1.807, 2.05) is 6.92 Å². The Morgan fingerprint density at radius 2 is 2.12 bits per heavy atom. The summed E-state index contributed by atoms with van der Waals surface area (Å²) in [6.07, 6.45) is 0.817. The van der Waals surface area contributed by atoms with E-state index in [9.17, 15) is 0 Å². The molecule has 0 fully saturated rings. The van der Waals surface area contributed by atoms with Gasteiger partial charge in [-0.15, -0.1) is 11.8 Å². The molecule has 0 spiro atoms. The zero-order valence-corrected chi connectivity index (χ0v) is 12.0. The Kier molecular flexibility index (Phi) is 5.83. The van der Waals surface area contributed by atoms with Gasteiger partial charge in [0.25, 0.3) is 0 Å². The minimum atomic E-state index is 0.0447. The van der Waals surface area contributed by atoms with Gasteiger partial charge in [0.1, 0.15) is 0 Å². The molecular formula is C12H18BrNOS. The molecule has 1 aromatic carbocycles. The quantitative estimate of drug-likeness (QED) is 0.820. The van der Waals surface area contributed by atoms with Crippen LogP contribution in [-0.4, -0.2) is 17.0 Å². The van der Waals surface area contributed by atoms with Crippen molar-refractivity contribution in [2.75, 3.05) is 6.61 Å². The summed E-state index contributed by atoms with van der Waals surface area (Å²) in [4.78, 5) is 1.21. The molecule has 0 aliphatic rings. The number of nitrogens with two attached hydrogens (primary N) is 1. The molecule has 0 aromatic heterocycles. The van der Waals surface area contributed by atoms with Gasteiger partial charge in [-0.1, -0.05) is 28.9 Å². The molecule has 0 saturated carbocycles. The fourth-order valence-electron chi connectivity index (χ4n) is 1.42. The number of rotatable bonds is 5. The second kappa shape index (κ2) is 6.64. The van der Waals surface area contributed by atoms with Crippen molar-refractivity contribution in [3.8, 4) is 0 Å². The molecule has 0 aliphatic carbocycles. The van der Waals surface area contributed by atoms with Gasteiger partial charge in [-0.2, -0.15) is 0 Å². The second-order valence-electron chi connectivity index (χ2n) is 3.91. The van der Waals surface area contributed by atoms with Crippen molar-refractivity contribution in [3.05, 3.63) is 28.2 Å². The molecule has 90 valence electrons. The highest BCUT2D eigenvalue weighted by atomic mass is 79.9. The van der Waals surface area contributed by atoms with Crippen LogP contribution in [0.15, 0.2) is 27.6 Å². The molecule has 0 amide bonds. The maximum Gasteiger partial charge on any atom is 0.0441 e. The van der Waals surface area contributed by atoms with Gasteiger partial charge in [0, 0.05) is 27.3 Å². The van der Waals surface area contributed by atoms with Crippen molar-refractivity contribution in [2.24, 2.45) is 5.73 Å². The number of halogens is 1. The third kappa shape index (κ3) is 4.09. The van der Waals surface area contributed by atoms with E-state index in [0.29, 0.717) is 5.25 Å². The van der Waals surface area contributed by atoms with E-state index in [1.165, 1.54) is 4.90 Å². The van der Waals surface area contributed by atoms with Crippen molar-refractivity contribution in [1.82, 2.24) is 0 Å². The molecule has 0 saturated heterocycles. The fraction of sp³-hybridized carbons (Fsp3) is 0.500. The SMILES string of the molecule is CC(CCO)Sc1ccc([C@@H](C)N)c(Br)c1. The van der Waals surface area contributed by atoms with Gasteiger partial charge in [-0.25, -0.2) is 0 Å². The van der Waals surface area contributed by atoms with Gasteiger partial charge in [0.2, 0.25) is 0 Å². The largest absolute Gasteiger partial charge is 0.396 e. The van der Waals surface area contributed by atoms with Gasteiger partial charge < -0.3 is 10.8 Å². The number of aliphatic hydroxyl groups excluding tert-OH is 1. The van der Waals surface area contributed by atoms with Crippen molar-refractivity contribution >= 4 is 27.7 Å². The molecule has 0 bridgehead atoms. The lowest BCUT2D eigenvalue weighted by atomic mass is 10.1. The highest BCUT2D eigenvalue weighted by Gasteiger charge is 2.08. The highest BCUT2D eigenvalue weighted by Crippen LogP contribution is 2.30. The minimum Gasteiger partial charge on any atom is -0.396 e. The molecule has 2 nitrogen and oxygen atoms in total. The minimum absolute atomic E-state index is 0.0447. The van der Waals surface area contributed by atoms with Gasteiger partial charge in [-0.05, 0) is 31.0 Å². The first-order valence-corrected chi connectivity index (χ1v) is 7.04. The summed E-state index contributed by atoms with van der Waals surface area (Å²) in [5, 5.41) is 9.28. The van der Waals surface area contributed by atoms with Gasteiger partial charge in [0.05, 0.1) is 0 Å². The van der Waals surface area contributed by atoms with Crippen molar-refractivity contribution in [3.63, 3.8) is 0 Å². The summed E-state index contributed by atoms with van der Waals surface area (Å²) < 4.78 is 1.06. The molecule has 3 N–H and O–H groups in total. The third-order valence-electron chi connectivity index (χ3n) is 2.34. The molecule has 1 unspecified atom stereocenters. The smallest absolute Gasteiger partial charge is 0.0441 e. The van der Waals surface area contributed by atoms with Crippen LogP contribution in [0.5, 0.6) is 0 Å². The summed E-state index contributed by atoms with van der Waals surface area (Å²) in [5.74, 6) is 0. The Labute approximate surface area is 110 Å². The summed E-state index contributed by atoms with van der Waals surface area (Å²) in [6, 6.07) is 6.28. The van der Waals surface area contributed by atoms with E-state index in [-0.39, 0.29) is 12.6 Å². The summed E-state index contributed by atoms with van der Waals surface area (Å²) >= 11 is 5.31. The maximum absolute atomic E-state index is 8.85. The molecule has 2 atom stereocenters. The fourth-order valence-corrected chi connectivity index (χ4v) is 3.34. The van der Waals surface area contributed by atoms with Crippen LogP contribution >= 0.6 is 27.7 Å². The van der Waals surface area contributed by atoms with Crippen LogP contribution in [0.4, 0.5) is 0 Å². The van der Waals surface area contributed by atoms with E-state index >= 15 is 0 Å². The van der Waals surface area contributed by atoms with Gasteiger partial charge in [-0.3, -0.25) is 0 Å². The topological polar surface area (TPSA) is 46.2 Å². The summed E-state index contributed by atoms with van der Waals surface area (Å²) in [5.41, 5.74) is 6.97. The lowest BCUT2D eigenvalue weighted by Gasteiger charge is -2.13. The van der Waals surface area contributed by atoms with Crippen LogP contribution in [-0.2, 0) is 0 Å². The first-order chi connectivity index (χ1) is 7.54. The summed E-state index contributed by atoms with van der Waals surface area (Å²) in [7, 11) is 0. The predicted octanol–water partition coefficient (Wildman–Crippen LogP) is 3.33. The van der Waals surface area contributed by atoms with Crippen molar-refractivity contribution in [1.29, 1.82) is 0 Å². The molecular weight excluding hydrogens is 286 g/mol. The van der Waals surface area contributed by atoms with Crippen LogP contribution in [0.25, 0.3) is 0 Å². The standard InChI is InChI=1S/C12H18BrNOS/c1-8(5-6-15)16-10-3-4-11(9(2)14)12(13)7-10/h3-4,7-9,15H,5-6,14H2,1-2H3/t8?,9-/m1/s1. The molecule has 0 aliphatic heterocycles.